The quantitative estimate of drug-likeness (QED) is 0.702. The molecular weight excluding hydrogens is 256 g/mol. The third-order valence-electron chi connectivity index (χ3n) is 4.30. The summed E-state index contributed by atoms with van der Waals surface area (Å²) < 4.78 is 11.3. The van der Waals surface area contributed by atoms with Gasteiger partial charge in [-0.15, -0.1) is 0 Å². The largest absolute Gasteiger partial charge is 0.381 e. The third kappa shape index (κ3) is 4.72. The summed E-state index contributed by atoms with van der Waals surface area (Å²) in [5.74, 6) is 0.299. The first kappa shape index (κ1) is 15.7. The fourth-order valence-corrected chi connectivity index (χ4v) is 2.76. The van der Waals surface area contributed by atoms with Gasteiger partial charge >= 0.3 is 0 Å². The van der Waals surface area contributed by atoms with Crippen molar-refractivity contribution in [2.24, 2.45) is 11.7 Å². The van der Waals surface area contributed by atoms with Crippen LogP contribution < -0.4 is 11.1 Å². The van der Waals surface area contributed by atoms with Crippen LogP contribution in [0.25, 0.3) is 0 Å². The van der Waals surface area contributed by atoms with E-state index in [0.29, 0.717) is 18.4 Å². The van der Waals surface area contributed by atoms with E-state index in [4.69, 9.17) is 15.2 Å². The van der Waals surface area contributed by atoms with E-state index in [-0.39, 0.29) is 12.0 Å². The maximum absolute atomic E-state index is 11.7. The lowest BCUT2D eigenvalue weighted by atomic mass is 9.93. The van der Waals surface area contributed by atoms with Gasteiger partial charge in [0.25, 0.3) is 0 Å². The molecule has 0 radical (unpaired) electrons. The van der Waals surface area contributed by atoms with Crippen LogP contribution in [0.15, 0.2) is 0 Å². The van der Waals surface area contributed by atoms with Gasteiger partial charge in [0.15, 0.2) is 0 Å². The average molecular weight is 284 g/mol. The molecule has 2 unspecified atom stereocenters. The van der Waals surface area contributed by atoms with Gasteiger partial charge in [-0.1, -0.05) is 0 Å². The van der Waals surface area contributed by atoms with Crippen LogP contribution >= 0.6 is 0 Å². The number of primary amides is 1. The summed E-state index contributed by atoms with van der Waals surface area (Å²) in [6, 6.07) is 0.454. The minimum absolute atomic E-state index is 0.0293. The molecule has 2 fully saturated rings. The smallest absolute Gasteiger partial charge is 0.237 e. The zero-order valence-electron chi connectivity index (χ0n) is 12.7. The number of rotatable bonds is 8. The van der Waals surface area contributed by atoms with Crippen molar-refractivity contribution in [1.82, 2.24) is 5.32 Å². The lowest BCUT2D eigenvalue weighted by Gasteiger charge is -2.31. The molecule has 0 spiro atoms. The van der Waals surface area contributed by atoms with Crippen molar-refractivity contribution in [2.45, 2.75) is 63.6 Å². The summed E-state index contributed by atoms with van der Waals surface area (Å²) in [5, 5.41) is 3.36. The predicted molar refractivity (Wildman–Crippen MR) is 77.3 cm³/mol. The summed E-state index contributed by atoms with van der Waals surface area (Å²) in [5.41, 5.74) is 4.90. The van der Waals surface area contributed by atoms with Crippen molar-refractivity contribution in [3.63, 3.8) is 0 Å². The van der Waals surface area contributed by atoms with Crippen LogP contribution in [0.4, 0.5) is 0 Å². The standard InChI is InChI=1S/C15H28N2O3/c1-11(20-10-12-5-7-19-8-6-12)9-15(2,14(16)18)17-13-3-4-13/h11-13,17H,3-10H2,1-2H3,(H2,16,18). The molecule has 0 bridgehead atoms. The number of carbonyl (C=O) groups excluding carboxylic acids is 1. The van der Waals surface area contributed by atoms with Gasteiger partial charge in [-0.3, -0.25) is 4.79 Å². The number of ether oxygens (including phenoxy) is 2. The first-order valence-electron chi connectivity index (χ1n) is 7.76. The second kappa shape index (κ2) is 6.87. The van der Waals surface area contributed by atoms with Crippen LogP contribution in [-0.4, -0.2) is 43.4 Å². The molecule has 1 saturated carbocycles. The van der Waals surface area contributed by atoms with Crippen LogP contribution in [0.2, 0.25) is 0 Å². The highest BCUT2D eigenvalue weighted by Crippen LogP contribution is 2.25. The number of hydrogen-bond donors (Lipinski definition) is 2. The zero-order chi connectivity index (χ0) is 14.6. The molecule has 2 atom stereocenters. The highest BCUT2D eigenvalue weighted by atomic mass is 16.5. The van der Waals surface area contributed by atoms with Gasteiger partial charge in [-0.05, 0) is 45.4 Å². The van der Waals surface area contributed by atoms with Crippen molar-refractivity contribution in [3.8, 4) is 0 Å². The number of nitrogens with one attached hydrogen (secondary N) is 1. The van der Waals surface area contributed by atoms with Crippen molar-refractivity contribution < 1.29 is 14.3 Å². The molecule has 0 aromatic rings. The molecule has 20 heavy (non-hydrogen) atoms. The second-order valence-electron chi connectivity index (χ2n) is 6.52. The molecule has 1 aliphatic heterocycles. The van der Waals surface area contributed by atoms with Crippen LogP contribution in [0.5, 0.6) is 0 Å². The Labute approximate surface area is 121 Å². The van der Waals surface area contributed by atoms with E-state index in [0.717, 1.165) is 45.5 Å². The Hall–Kier alpha value is -0.650. The van der Waals surface area contributed by atoms with Gasteiger partial charge in [0.1, 0.15) is 0 Å². The van der Waals surface area contributed by atoms with E-state index < -0.39 is 5.54 Å². The Morgan fingerprint density at radius 3 is 2.60 bits per heavy atom. The van der Waals surface area contributed by atoms with E-state index in [2.05, 4.69) is 5.32 Å². The first-order chi connectivity index (χ1) is 9.49. The molecule has 1 heterocycles. The topological polar surface area (TPSA) is 73.6 Å². The molecule has 0 aromatic heterocycles. The van der Waals surface area contributed by atoms with Crippen LogP contribution in [0.3, 0.4) is 0 Å². The first-order valence-corrected chi connectivity index (χ1v) is 7.76. The van der Waals surface area contributed by atoms with Crippen molar-refractivity contribution in [2.75, 3.05) is 19.8 Å². The van der Waals surface area contributed by atoms with Crippen molar-refractivity contribution >= 4 is 5.91 Å². The third-order valence-corrected chi connectivity index (χ3v) is 4.30. The van der Waals surface area contributed by atoms with Gasteiger partial charge < -0.3 is 20.5 Å². The minimum Gasteiger partial charge on any atom is -0.381 e. The van der Waals surface area contributed by atoms with Gasteiger partial charge in [-0.2, -0.15) is 0 Å². The monoisotopic (exact) mass is 284 g/mol. The van der Waals surface area contributed by atoms with Gasteiger partial charge in [-0.25, -0.2) is 0 Å². The molecule has 5 nitrogen and oxygen atoms in total. The molecule has 1 saturated heterocycles. The number of carbonyl (C=O) groups is 1. The Kier molecular flexibility index (Phi) is 5.41. The predicted octanol–water partition coefficient (Wildman–Crippen LogP) is 1.20. The molecule has 0 aromatic carbocycles. The second-order valence-corrected chi connectivity index (χ2v) is 6.52. The molecule has 1 amide bonds. The summed E-state index contributed by atoms with van der Waals surface area (Å²) in [6.45, 7) is 6.34. The molecule has 116 valence electrons. The molecule has 1 aliphatic carbocycles. The summed E-state index contributed by atoms with van der Waals surface area (Å²) in [4.78, 5) is 11.7. The highest BCUT2D eigenvalue weighted by molar-refractivity contribution is 5.84. The lowest BCUT2D eigenvalue weighted by molar-refractivity contribution is -0.125. The fraction of sp³-hybridized carbons (Fsp3) is 0.933. The minimum atomic E-state index is -0.656. The van der Waals surface area contributed by atoms with Crippen molar-refractivity contribution in [3.05, 3.63) is 0 Å². The van der Waals surface area contributed by atoms with E-state index in [1.807, 2.05) is 13.8 Å². The van der Waals surface area contributed by atoms with Gasteiger partial charge in [0.2, 0.25) is 5.91 Å². The number of amides is 1. The highest BCUT2D eigenvalue weighted by Gasteiger charge is 2.38. The van der Waals surface area contributed by atoms with Crippen LogP contribution in [0.1, 0.15) is 46.0 Å². The zero-order valence-corrected chi connectivity index (χ0v) is 12.7. The summed E-state index contributed by atoms with van der Waals surface area (Å²) >= 11 is 0. The van der Waals surface area contributed by atoms with E-state index in [1.54, 1.807) is 0 Å². The number of nitrogens with two attached hydrogens (primary N) is 1. The Bertz CT molecular complexity index is 327. The van der Waals surface area contributed by atoms with Gasteiger partial charge in [0.05, 0.1) is 11.6 Å². The van der Waals surface area contributed by atoms with Gasteiger partial charge in [0, 0.05) is 32.3 Å². The summed E-state index contributed by atoms with van der Waals surface area (Å²) in [7, 11) is 0. The molecule has 3 N–H and O–H groups in total. The molecular formula is C15H28N2O3. The lowest BCUT2D eigenvalue weighted by Crippen LogP contribution is -2.55. The van der Waals surface area contributed by atoms with E-state index >= 15 is 0 Å². The fourth-order valence-electron chi connectivity index (χ4n) is 2.76. The SMILES string of the molecule is CC(CC(C)(NC1CC1)C(N)=O)OCC1CCOCC1. The van der Waals surface area contributed by atoms with Crippen molar-refractivity contribution in [1.29, 1.82) is 0 Å². The molecule has 2 aliphatic rings. The van der Waals surface area contributed by atoms with Crippen LogP contribution in [0, 0.1) is 5.92 Å². The molecule has 2 rings (SSSR count). The Morgan fingerprint density at radius 2 is 2.05 bits per heavy atom. The van der Waals surface area contributed by atoms with Crippen LogP contribution in [-0.2, 0) is 14.3 Å². The normalized spacial score (nSPS) is 25.1. The van der Waals surface area contributed by atoms with E-state index in [1.165, 1.54) is 0 Å². The Morgan fingerprint density at radius 1 is 1.40 bits per heavy atom. The average Bonchev–Trinajstić information content (AvgIpc) is 3.21. The van der Waals surface area contributed by atoms with E-state index in [9.17, 15) is 4.79 Å². The summed E-state index contributed by atoms with van der Waals surface area (Å²) in [6.07, 6.45) is 5.07. The molecule has 5 heteroatoms. The Balaban J connectivity index is 1.75. The maximum Gasteiger partial charge on any atom is 0.237 e. The number of hydrogen-bond acceptors (Lipinski definition) is 4. The maximum atomic E-state index is 11.7.